The van der Waals surface area contributed by atoms with E-state index in [1.165, 1.54) is 11.9 Å². The van der Waals surface area contributed by atoms with Crippen molar-refractivity contribution >= 4 is 17.6 Å². The Hall–Kier alpha value is -1.91. The van der Waals surface area contributed by atoms with Gasteiger partial charge in [-0.1, -0.05) is 26.8 Å². The number of hydrogen-bond acceptors (Lipinski definition) is 4. The largest absolute Gasteiger partial charge is 0.358 e. The lowest BCUT2D eigenvalue weighted by Gasteiger charge is -2.28. The summed E-state index contributed by atoms with van der Waals surface area (Å²) in [5.74, 6) is 0.353. The Morgan fingerprint density at radius 1 is 1.30 bits per heavy atom. The number of likely N-dealkylation sites (tertiary alicyclic amines) is 1. The second-order valence-electron chi connectivity index (χ2n) is 6.21. The van der Waals surface area contributed by atoms with E-state index < -0.39 is 0 Å². The third kappa shape index (κ3) is 2.98. The van der Waals surface area contributed by atoms with Gasteiger partial charge in [-0.05, 0) is 23.5 Å². The summed E-state index contributed by atoms with van der Waals surface area (Å²) in [6.45, 7) is 6.38. The minimum atomic E-state index is -0.370. The number of carbonyl (C=O) groups excluding carboxylic acids is 2. The van der Waals surface area contributed by atoms with Crippen molar-refractivity contribution in [1.82, 2.24) is 9.88 Å². The maximum atomic E-state index is 12.0. The summed E-state index contributed by atoms with van der Waals surface area (Å²) in [6.07, 6.45) is 2.73. The first-order valence-electron chi connectivity index (χ1n) is 6.82. The lowest BCUT2D eigenvalue weighted by molar-refractivity contribution is -0.146. The van der Waals surface area contributed by atoms with Crippen LogP contribution in [0.1, 0.15) is 39.2 Å². The summed E-state index contributed by atoms with van der Waals surface area (Å²) < 4.78 is 0. The number of pyridine rings is 1. The molecule has 1 aromatic heterocycles. The Bertz CT molecular complexity index is 517. The molecule has 0 aliphatic carbocycles. The molecule has 1 fully saturated rings. The fourth-order valence-corrected chi connectivity index (χ4v) is 2.15. The van der Waals surface area contributed by atoms with Crippen LogP contribution < -0.4 is 5.32 Å². The fourth-order valence-electron chi connectivity index (χ4n) is 2.15. The standard InChI is InChI=1S/C15H21N3O2/c1-15(2,3)10-5-7-12(16-9-10)17-11-6-8-13(19)18(4)14(11)20/h5,7,9,11H,6,8H2,1-4H3,(H,16,17). The fraction of sp³-hybridized carbons (Fsp3) is 0.533. The first-order valence-corrected chi connectivity index (χ1v) is 6.82. The number of imide groups is 1. The molecule has 2 rings (SSSR count). The summed E-state index contributed by atoms with van der Waals surface area (Å²) in [5.41, 5.74) is 1.20. The third-order valence-electron chi connectivity index (χ3n) is 3.60. The number of carbonyl (C=O) groups is 2. The van der Waals surface area contributed by atoms with Crippen LogP contribution in [0.15, 0.2) is 18.3 Å². The minimum absolute atomic E-state index is 0.0544. The van der Waals surface area contributed by atoms with Crippen molar-refractivity contribution in [2.24, 2.45) is 0 Å². The number of anilines is 1. The van der Waals surface area contributed by atoms with E-state index in [0.29, 0.717) is 18.7 Å². The summed E-state index contributed by atoms with van der Waals surface area (Å²) in [7, 11) is 1.52. The van der Waals surface area contributed by atoms with Gasteiger partial charge >= 0.3 is 0 Å². The van der Waals surface area contributed by atoms with E-state index in [4.69, 9.17) is 0 Å². The third-order valence-corrected chi connectivity index (χ3v) is 3.60. The van der Waals surface area contributed by atoms with Crippen molar-refractivity contribution in [3.63, 3.8) is 0 Å². The molecule has 1 N–H and O–H groups in total. The monoisotopic (exact) mass is 275 g/mol. The molecular formula is C15H21N3O2. The van der Waals surface area contributed by atoms with Crippen molar-refractivity contribution in [1.29, 1.82) is 0 Å². The summed E-state index contributed by atoms with van der Waals surface area (Å²) >= 11 is 0. The Kier molecular flexibility index (Phi) is 3.79. The molecule has 1 aliphatic heterocycles. The molecule has 1 saturated heterocycles. The second kappa shape index (κ2) is 5.23. The first-order chi connectivity index (χ1) is 9.29. The summed E-state index contributed by atoms with van der Waals surface area (Å²) in [5, 5.41) is 3.11. The van der Waals surface area contributed by atoms with E-state index in [1.54, 1.807) is 0 Å². The SMILES string of the molecule is CN1C(=O)CCC(Nc2ccc(C(C)(C)C)cn2)C1=O. The highest BCUT2D eigenvalue weighted by molar-refractivity contribution is 6.01. The van der Waals surface area contributed by atoms with Gasteiger partial charge in [-0.3, -0.25) is 14.5 Å². The molecule has 1 aromatic rings. The van der Waals surface area contributed by atoms with E-state index in [2.05, 4.69) is 31.1 Å². The van der Waals surface area contributed by atoms with E-state index >= 15 is 0 Å². The molecule has 0 radical (unpaired) electrons. The molecule has 2 amide bonds. The van der Waals surface area contributed by atoms with Gasteiger partial charge in [-0.25, -0.2) is 4.98 Å². The molecular weight excluding hydrogens is 254 g/mol. The molecule has 108 valence electrons. The van der Waals surface area contributed by atoms with E-state index in [-0.39, 0.29) is 23.3 Å². The van der Waals surface area contributed by atoms with Gasteiger partial charge in [-0.15, -0.1) is 0 Å². The number of rotatable bonds is 2. The number of nitrogens with one attached hydrogen (secondary N) is 1. The van der Waals surface area contributed by atoms with Gasteiger partial charge in [0.05, 0.1) is 0 Å². The molecule has 0 aromatic carbocycles. The highest BCUT2D eigenvalue weighted by Gasteiger charge is 2.31. The van der Waals surface area contributed by atoms with Crippen molar-refractivity contribution in [2.75, 3.05) is 12.4 Å². The zero-order valence-electron chi connectivity index (χ0n) is 12.4. The smallest absolute Gasteiger partial charge is 0.251 e. The van der Waals surface area contributed by atoms with Gasteiger partial charge in [0.25, 0.3) is 5.91 Å². The lowest BCUT2D eigenvalue weighted by Crippen LogP contribution is -2.48. The van der Waals surface area contributed by atoms with Crippen LogP contribution in [0.25, 0.3) is 0 Å². The second-order valence-corrected chi connectivity index (χ2v) is 6.21. The van der Waals surface area contributed by atoms with Crippen LogP contribution in [0.4, 0.5) is 5.82 Å². The number of likely N-dealkylation sites (N-methyl/N-ethyl adjacent to an activating group) is 1. The van der Waals surface area contributed by atoms with Crippen LogP contribution >= 0.6 is 0 Å². The van der Waals surface area contributed by atoms with Crippen LogP contribution in [0.3, 0.4) is 0 Å². The van der Waals surface area contributed by atoms with Crippen LogP contribution in [0.5, 0.6) is 0 Å². The topological polar surface area (TPSA) is 62.3 Å². The molecule has 1 atom stereocenters. The van der Waals surface area contributed by atoms with Crippen LogP contribution in [0, 0.1) is 0 Å². The average Bonchev–Trinajstić information content (AvgIpc) is 2.39. The van der Waals surface area contributed by atoms with Crippen molar-refractivity contribution in [3.8, 4) is 0 Å². The maximum absolute atomic E-state index is 12.0. The normalized spacial score (nSPS) is 20.2. The molecule has 2 heterocycles. The lowest BCUT2D eigenvalue weighted by atomic mass is 9.88. The number of amides is 2. The Balaban J connectivity index is 2.07. The molecule has 20 heavy (non-hydrogen) atoms. The van der Waals surface area contributed by atoms with Crippen LogP contribution in [-0.2, 0) is 15.0 Å². The number of nitrogens with zero attached hydrogens (tertiary/aromatic N) is 2. The molecule has 0 bridgehead atoms. The predicted molar refractivity (Wildman–Crippen MR) is 77.4 cm³/mol. The van der Waals surface area contributed by atoms with Gasteiger partial charge in [-0.2, -0.15) is 0 Å². The van der Waals surface area contributed by atoms with Crippen LogP contribution in [-0.4, -0.2) is 34.8 Å². The van der Waals surface area contributed by atoms with Crippen LogP contribution in [0.2, 0.25) is 0 Å². The molecule has 1 aliphatic rings. The van der Waals surface area contributed by atoms with Gasteiger partial charge in [0.15, 0.2) is 0 Å². The van der Waals surface area contributed by atoms with Crippen molar-refractivity contribution in [3.05, 3.63) is 23.9 Å². The summed E-state index contributed by atoms with van der Waals surface area (Å²) in [4.78, 5) is 28.9. The van der Waals surface area contributed by atoms with Gasteiger partial charge in [0, 0.05) is 19.7 Å². The Labute approximate surface area is 119 Å². The van der Waals surface area contributed by atoms with E-state index in [1.807, 2.05) is 18.3 Å². The Morgan fingerprint density at radius 3 is 2.55 bits per heavy atom. The van der Waals surface area contributed by atoms with Gasteiger partial charge in [0.2, 0.25) is 5.91 Å². The zero-order valence-corrected chi connectivity index (χ0v) is 12.4. The molecule has 0 saturated carbocycles. The highest BCUT2D eigenvalue weighted by atomic mass is 16.2. The number of aromatic nitrogens is 1. The predicted octanol–water partition coefficient (Wildman–Crippen LogP) is 1.94. The zero-order chi connectivity index (χ0) is 14.9. The molecule has 5 heteroatoms. The van der Waals surface area contributed by atoms with E-state index in [9.17, 15) is 9.59 Å². The first kappa shape index (κ1) is 14.5. The number of hydrogen-bond donors (Lipinski definition) is 1. The van der Waals surface area contributed by atoms with Gasteiger partial charge in [0.1, 0.15) is 11.9 Å². The Morgan fingerprint density at radius 2 is 2.00 bits per heavy atom. The summed E-state index contributed by atoms with van der Waals surface area (Å²) in [6, 6.07) is 3.52. The van der Waals surface area contributed by atoms with Crippen molar-refractivity contribution in [2.45, 2.75) is 45.1 Å². The molecule has 5 nitrogen and oxygen atoms in total. The molecule has 0 spiro atoms. The number of piperidine rings is 1. The quantitative estimate of drug-likeness (QED) is 0.838. The average molecular weight is 275 g/mol. The highest BCUT2D eigenvalue weighted by Crippen LogP contribution is 2.23. The maximum Gasteiger partial charge on any atom is 0.251 e. The molecule has 1 unspecified atom stereocenters. The van der Waals surface area contributed by atoms with E-state index in [0.717, 1.165) is 5.56 Å². The van der Waals surface area contributed by atoms with Gasteiger partial charge < -0.3 is 5.32 Å². The van der Waals surface area contributed by atoms with Crippen molar-refractivity contribution < 1.29 is 9.59 Å². The minimum Gasteiger partial charge on any atom is -0.358 e.